The molecule has 26 heavy (non-hydrogen) atoms. The molecule has 0 unspecified atom stereocenters. The topological polar surface area (TPSA) is 49.8 Å². The van der Waals surface area contributed by atoms with Crippen molar-refractivity contribution in [2.45, 2.75) is 37.9 Å². The van der Waals surface area contributed by atoms with E-state index in [1.54, 1.807) is 18.7 Å². The van der Waals surface area contributed by atoms with Crippen LogP contribution in [0, 0.1) is 0 Å². The van der Waals surface area contributed by atoms with E-state index in [-0.39, 0.29) is 6.09 Å². The lowest BCUT2D eigenvalue weighted by Gasteiger charge is -2.33. The molecule has 0 aliphatic carbocycles. The van der Waals surface area contributed by atoms with Crippen molar-refractivity contribution in [3.05, 3.63) is 70.2 Å². The normalized spacial score (nSPS) is 20.3. The SMILES string of the molecule is CC(C)(O)C[C@@]1(c2ccccc2)CN(CCc2ccc(Br)cc2)C(=O)O1. The van der Waals surface area contributed by atoms with Crippen LogP contribution < -0.4 is 0 Å². The molecule has 3 rings (SSSR count). The number of amides is 1. The summed E-state index contributed by atoms with van der Waals surface area (Å²) in [5, 5.41) is 10.4. The number of hydrogen-bond acceptors (Lipinski definition) is 3. The Hall–Kier alpha value is -1.85. The van der Waals surface area contributed by atoms with Crippen molar-refractivity contribution in [3.63, 3.8) is 0 Å². The number of hydrogen-bond donors (Lipinski definition) is 1. The standard InChI is InChI=1S/C21H24BrNO3/c1-20(2,25)14-21(17-6-4-3-5-7-17)15-23(19(24)26-21)13-12-16-8-10-18(22)11-9-16/h3-11,25H,12-15H2,1-2H3/t21-/m0/s1. The Labute approximate surface area is 162 Å². The Morgan fingerprint density at radius 2 is 1.81 bits per heavy atom. The maximum absolute atomic E-state index is 12.5. The molecular formula is C21H24BrNO3. The summed E-state index contributed by atoms with van der Waals surface area (Å²) in [7, 11) is 0. The van der Waals surface area contributed by atoms with Gasteiger partial charge in [0.25, 0.3) is 0 Å². The van der Waals surface area contributed by atoms with E-state index in [0.717, 1.165) is 16.5 Å². The molecule has 2 aromatic carbocycles. The minimum Gasteiger partial charge on any atom is -0.436 e. The van der Waals surface area contributed by atoms with Crippen molar-refractivity contribution in [2.24, 2.45) is 0 Å². The highest BCUT2D eigenvalue weighted by molar-refractivity contribution is 9.10. The Morgan fingerprint density at radius 3 is 2.42 bits per heavy atom. The summed E-state index contributed by atoms with van der Waals surface area (Å²) in [5.41, 5.74) is 0.316. The average molecular weight is 418 g/mol. The minimum absolute atomic E-state index is 0.324. The van der Waals surface area contributed by atoms with Gasteiger partial charge in [0.15, 0.2) is 5.60 Å². The van der Waals surface area contributed by atoms with E-state index in [9.17, 15) is 9.90 Å². The molecule has 1 aliphatic heterocycles. The number of cyclic esters (lactones) is 1. The Morgan fingerprint density at radius 1 is 1.15 bits per heavy atom. The zero-order valence-electron chi connectivity index (χ0n) is 15.1. The molecule has 0 radical (unpaired) electrons. The van der Waals surface area contributed by atoms with Crippen molar-refractivity contribution in [1.82, 2.24) is 4.90 Å². The second-order valence-corrected chi connectivity index (χ2v) is 8.43. The fourth-order valence-corrected chi connectivity index (χ4v) is 3.77. The van der Waals surface area contributed by atoms with Gasteiger partial charge in [0, 0.05) is 17.4 Å². The van der Waals surface area contributed by atoms with E-state index >= 15 is 0 Å². The molecule has 2 aromatic rings. The second-order valence-electron chi connectivity index (χ2n) is 7.52. The first-order valence-corrected chi connectivity index (χ1v) is 9.57. The Balaban J connectivity index is 1.78. The van der Waals surface area contributed by atoms with Crippen LogP contribution in [0.1, 0.15) is 31.4 Å². The second kappa shape index (κ2) is 7.41. The largest absolute Gasteiger partial charge is 0.436 e. The van der Waals surface area contributed by atoms with Crippen LogP contribution in [0.2, 0.25) is 0 Å². The van der Waals surface area contributed by atoms with Gasteiger partial charge in [0.1, 0.15) is 0 Å². The molecule has 0 aromatic heterocycles. The third kappa shape index (κ3) is 4.46. The highest BCUT2D eigenvalue weighted by Crippen LogP contribution is 2.39. The summed E-state index contributed by atoms with van der Waals surface area (Å²) in [6.07, 6.45) is 0.788. The lowest BCUT2D eigenvalue weighted by Crippen LogP contribution is -2.39. The number of nitrogens with zero attached hydrogens (tertiary/aromatic N) is 1. The first kappa shape index (κ1) is 18.9. The van der Waals surface area contributed by atoms with Crippen LogP contribution in [0.25, 0.3) is 0 Å². The molecule has 1 fully saturated rings. The molecule has 1 saturated heterocycles. The minimum atomic E-state index is -0.947. The predicted molar refractivity (Wildman–Crippen MR) is 105 cm³/mol. The molecule has 138 valence electrons. The fraction of sp³-hybridized carbons (Fsp3) is 0.381. The molecule has 0 spiro atoms. The van der Waals surface area contributed by atoms with Crippen LogP contribution >= 0.6 is 15.9 Å². The maximum atomic E-state index is 12.5. The average Bonchev–Trinajstić information content (AvgIpc) is 2.90. The first-order chi connectivity index (χ1) is 12.3. The van der Waals surface area contributed by atoms with Gasteiger partial charge in [0.05, 0.1) is 12.1 Å². The molecule has 1 atom stereocenters. The lowest BCUT2D eigenvalue weighted by atomic mass is 9.83. The van der Waals surface area contributed by atoms with E-state index in [1.165, 1.54) is 5.56 Å². The predicted octanol–water partition coefficient (Wildman–Crippen LogP) is 4.50. The van der Waals surface area contributed by atoms with Crippen LogP contribution in [0.5, 0.6) is 0 Å². The van der Waals surface area contributed by atoms with Crippen LogP contribution in [0.15, 0.2) is 59.1 Å². The van der Waals surface area contributed by atoms with E-state index in [4.69, 9.17) is 4.74 Å². The Kier molecular flexibility index (Phi) is 5.39. The van der Waals surface area contributed by atoms with E-state index in [2.05, 4.69) is 15.9 Å². The van der Waals surface area contributed by atoms with Crippen molar-refractivity contribution < 1.29 is 14.6 Å². The number of ether oxygens (including phenoxy) is 1. The van der Waals surface area contributed by atoms with Crippen LogP contribution in [-0.4, -0.2) is 34.8 Å². The van der Waals surface area contributed by atoms with Crippen LogP contribution in [0.4, 0.5) is 4.79 Å². The summed E-state index contributed by atoms with van der Waals surface area (Å²) in [6.45, 7) is 4.52. The molecule has 1 N–H and O–H groups in total. The third-order valence-electron chi connectivity index (χ3n) is 4.59. The fourth-order valence-electron chi connectivity index (χ4n) is 3.51. The highest BCUT2D eigenvalue weighted by Gasteiger charge is 2.48. The van der Waals surface area contributed by atoms with Crippen molar-refractivity contribution in [2.75, 3.05) is 13.1 Å². The number of halogens is 1. The van der Waals surface area contributed by atoms with E-state index < -0.39 is 11.2 Å². The smallest absolute Gasteiger partial charge is 0.410 e. The number of carbonyl (C=O) groups excluding carboxylic acids is 1. The van der Waals surface area contributed by atoms with Gasteiger partial charge in [-0.05, 0) is 43.5 Å². The quantitative estimate of drug-likeness (QED) is 0.752. The number of aliphatic hydroxyl groups is 1. The van der Waals surface area contributed by atoms with Crippen molar-refractivity contribution in [1.29, 1.82) is 0 Å². The first-order valence-electron chi connectivity index (χ1n) is 8.78. The summed E-state index contributed by atoms with van der Waals surface area (Å²) < 4.78 is 6.89. The maximum Gasteiger partial charge on any atom is 0.410 e. The summed E-state index contributed by atoms with van der Waals surface area (Å²) in [5.74, 6) is 0. The molecule has 1 amide bonds. The number of carbonyl (C=O) groups is 1. The number of benzene rings is 2. The molecule has 0 bridgehead atoms. The lowest BCUT2D eigenvalue weighted by molar-refractivity contribution is -0.0326. The monoisotopic (exact) mass is 417 g/mol. The summed E-state index contributed by atoms with van der Waals surface area (Å²) in [6, 6.07) is 17.8. The van der Waals surface area contributed by atoms with Gasteiger partial charge >= 0.3 is 6.09 Å². The molecule has 0 saturated carbocycles. The van der Waals surface area contributed by atoms with Gasteiger partial charge in [-0.15, -0.1) is 0 Å². The molecule has 5 heteroatoms. The zero-order valence-corrected chi connectivity index (χ0v) is 16.7. The molecule has 1 aliphatic rings. The molecular weight excluding hydrogens is 394 g/mol. The van der Waals surface area contributed by atoms with Gasteiger partial charge in [-0.2, -0.15) is 0 Å². The van der Waals surface area contributed by atoms with Crippen molar-refractivity contribution in [3.8, 4) is 0 Å². The van der Waals surface area contributed by atoms with Crippen LogP contribution in [-0.2, 0) is 16.8 Å². The van der Waals surface area contributed by atoms with Gasteiger partial charge in [-0.1, -0.05) is 58.4 Å². The highest BCUT2D eigenvalue weighted by atomic mass is 79.9. The van der Waals surface area contributed by atoms with E-state index in [1.807, 2.05) is 54.6 Å². The van der Waals surface area contributed by atoms with Crippen molar-refractivity contribution >= 4 is 22.0 Å². The van der Waals surface area contributed by atoms with Gasteiger partial charge in [0.2, 0.25) is 0 Å². The zero-order chi connectivity index (χ0) is 18.8. The molecule has 4 nitrogen and oxygen atoms in total. The third-order valence-corrected chi connectivity index (χ3v) is 5.12. The van der Waals surface area contributed by atoms with Gasteiger partial charge in [-0.3, -0.25) is 0 Å². The summed E-state index contributed by atoms with van der Waals surface area (Å²) >= 11 is 3.43. The van der Waals surface area contributed by atoms with E-state index in [0.29, 0.717) is 19.5 Å². The Bertz CT molecular complexity index is 755. The molecule has 1 heterocycles. The number of rotatable bonds is 6. The van der Waals surface area contributed by atoms with Gasteiger partial charge in [-0.25, -0.2) is 4.79 Å². The van der Waals surface area contributed by atoms with Crippen LogP contribution in [0.3, 0.4) is 0 Å². The summed E-state index contributed by atoms with van der Waals surface area (Å²) in [4.78, 5) is 14.3. The van der Waals surface area contributed by atoms with Gasteiger partial charge < -0.3 is 14.7 Å².